The summed E-state index contributed by atoms with van der Waals surface area (Å²) in [6, 6.07) is 18.8. The van der Waals surface area contributed by atoms with Crippen LogP contribution >= 0.6 is 0 Å². The fourth-order valence-corrected chi connectivity index (χ4v) is 3.63. The Hall–Kier alpha value is -3.72. The second-order valence-corrected chi connectivity index (χ2v) is 7.33. The zero-order valence-corrected chi connectivity index (χ0v) is 16.9. The first-order valence-corrected chi connectivity index (χ1v) is 9.96. The number of hydrogen-bond donors (Lipinski definition) is 1. The van der Waals surface area contributed by atoms with Gasteiger partial charge < -0.3 is 19.4 Å². The Kier molecular flexibility index (Phi) is 5.71. The fraction of sp³-hybridized carbons (Fsp3) is 0.250. The monoisotopic (exact) mass is 401 g/mol. The van der Waals surface area contributed by atoms with E-state index in [1.54, 1.807) is 36.4 Å². The molecule has 0 spiro atoms. The average molecular weight is 401 g/mol. The molecule has 30 heavy (non-hydrogen) atoms. The van der Waals surface area contributed by atoms with Gasteiger partial charge in [-0.25, -0.2) is 0 Å². The quantitative estimate of drug-likeness (QED) is 0.674. The molecule has 6 nitrogen and oxygen atoms in total. The largest absolute Gasteiger partial charge is 0.484 e. The number of benzene rings is 2. The van der Waals surface area contributed by atoms with Crippen LogP contribution in [0.15, 0.2) is 59.0 Å². The summed E-state index contributed by atoms with van der Waals surface area (Å²) in [5.74, 6) is 0.971. The first-order valence-electron chi connectivity index (χ1n) is 9.96. The molecule has 0 unspecified atom stereocenters. The van der Waals surface area contributed by atoms with E-state index >= 15 is 0 Å². The van der Waals surface area contributed by atoms with Gasteiger partial charge in [0.2, 0.25) is 0 Å². The molecule has 1 N–H and O–H groups in total. The minimum atomic E-state index is -0.270. The van der Waals surface area contributed by atoms with E-state index in [4.69, 9.17) is 14.4 Å². The van der Waals surface area contributed by atoms with Gasteiger partial charge >= 0.3 is 0 Å². The minimum absolute atomic E-state index is 0.143. The molecule has 0 aliphatic carbocycles. The van der Waals surface area contributed by atoms with Crippen molar-refractivity contribution in [2.24, 2.45) is 0 Å². The first kappa shape index (κ1) is 19.6. The Morgan fingerprint density at radius 1 is 1.23 bits per heavy atom. The van der Waals surface area contributed by atoms with Crippen molar-refractivity contribution < 1.29 is 13.9 Å². The number of nitrogens with zero attached hydrogens (tertiary/aromatic N) is 2. The molecule has 152 valence electrons. The lowest BCUT2D eigenvalue weighted by molar-refractivity contribution is 0.0919. The van der Waals surface area contributed by atoms with Crippen LogP contribution in [-0.2, 0) is 19.6 Å². The molecule has 0 saturated heterocycles. The Labute approximate surface area is 175 Å². The van der Waals surface area contributed by atoms with Crippen LogP contribution < -0.4 is 15.0 Å². The molecule has 0 atom stereocenters. The minimum Gasteiger partial charge on any atom is -0.484 e. The third-order valence-electron chi connectivity index (χ3n) is 5.21. The summed E-state index contributed by atoms with van der Waals surface area (Å²) in [7, 11) is 2.11. The highest BCUT2D eigenvalue weighted by atomic mass is 16.5. The van der Waals surface area contributed by atoms with Crippen molar-refractivity contribution in [3.8, 4) is 11.8 Å². The first-order chi connectivity index (χ1) is 14.6. The van der Waals surface area contributed by atoms with E-state index in [-0.39, 0.29) is 18.3 Å². The summed E-state index contributed by atoms with van der Waals surface area (Å²) < 4.78 is 11.3. The summed E-state index contributed by atoms with van der Waals surface area (Å²) in [6.45, 7) is 1.66. The molecule has 0 saturated carbocycles. The standard InChI is InChI=1S/C24H23N3O3/c1-27-12-4-6-18-13-17(8-10-21(18)27)15-26-24(28)23-11-9-20(30-23)16-29-22-7-3-2-5-19(22)14-25/h2-3,5,7-11,13H,4,6,12,15-16H2,1H3,(H,26,28). The number of amides is 1. The number of para-hydroxylation sites is 1. The van der Waals surface area contributed by atoms with E-state index in [0.29, 0.717) is 23.6 Å². The predicted molar refractivity (Wildman–Crippen MR) is 113 cm³/mol. The molecule has 0 fully saturated rings. The van der Waals surface area contributed by atoms with Gasteiger partial charge in [0, 0.05) is 25.8 Å². The molecule has 3 aromatic rings. The summed E-state index contributed by atoms with van der Waals surface area (Å²) in [5.41, 5.74) is 4.12. The lowest BCUT2D eigenvalue weighted by Crippen LogP contribution is -2.25. The summed E-state index contributed by atoms with van der Waals surface area (Å²) in [5, 5.41) is 12.0. The summed E-state index contributed by atoms with van der Waals surface area (Å²) in [4.78, 5) is 14.7. The van der Waals surface area contributed by atoms with Crippen LogP contribution in [0, 0.1) is 11.3 Å². The highest BCUT2D eigenvalue weighted by molar-refractivity contribution is 5.91. The van der Waals surface area contributed by atoms with Crippen molar-refractivity contribution in [3.63, 3.8) is 0 Å². The topological polar surface area (TPSA) is 78.5 Å². The van der Waals surface area contributed by atoms with Crippen LogP contribution in [0.3, 0.4) is 0 Å². The number of nitriles is 1. The van der Waals surface area contributed by atoms with Crippen molar-refractivity contribution in [3.05, 3.63) is 82.8 Å². The smallest absolute Gasteiger partial charge is 0.287 e. The number of nitrogens with one attached hydrogen (secondary N) is 1. The third kappa shape index (κ3) is 4.31. The molecule has 2 heterocycles. The van der Waals surface area contributed by atoms with Crippen molar-refractivity contribution in [2.45, 2.75) is 26.0 Å². The van der Waals surface area contributed by atoms with Gasteiger partial charge in [0.15, 0.2) is 5.76 Å². The maximum Gasteiger partial charge on any atom is 0.287 e. The lowest BCUT2D eigenvalue weighted by Gasteiger charge is -2.27. The van der Waals surface area contributed by atoms with E-state index < -0.39 is 0 Å². The summed E-state index contributed by atoms with van der Waals surface area (Å²) in [6.07, 6.45) is 2.22. The van der Waals surface area contributed by atoms with E-state index in [1.807, 2.05) is 0 Å². The van der Waals surface area contributed by atoms with E-state index in [0.717, 1.165) is 24.9 Å². The van der Waals surface area contributed by atoms with Gasteiger partial charge in [-0.1, -0.05) is 24.3 Å². The maximum absolute atomic E-state index is 12.4. The van der Waals surface area contributed by atoms with Crippen LogP contribution in [-0.4, -0.2) is 19.5 Å². The number of anilines is 1. The van der Waals surface area contributed by atoms with Crippen LogP contribution in [0.25, 0.3) is 0 Å². The molecular formula is C24H23N3O3. The number of carbonyl (C=O) groups excluding carboxylic acids is 1. The number of fused-ring (bicyclic) bond motifs is 1. The SMILES string of the molecule is CN1CCCc2cc(CNC(=O)c3ccc(COc4ccccc4C#N)o3)ccc21. The molecule has 6 heteroatoms. The zero-order chi connectivity index (χ0) is 20.9. The Morgan fingerprint density at radius 3 is 2.97 bits per heavy atom. The highest BCUT2D eigenvalue weighted by Gasteiger charge is 2.15. The number of hydrogen-bond acceptors (Lipinski definition) is 5. The van der Waals surface area contributed by atoms with E-state index in [9.17, 15) is 4.79 Å². The van der Waals surface area contributed by atoms with Crippen molar-refractivity contribution in [1.29, 1.82) is 5.26 Å². The maximum atomic E-state index is 12.4. The third-order valence-corrected chi connectivity index (χ3v) is 5.21. The normalized spacial score (nSPS) is 12.7. The van der Waals surface area contributed by atoms with Gasteiger partial charge in [-0.05, 0) is 54.3 Å². The van der Waals surface area contributed by atoms with Gasteiger partial charge in [-0.2, -0.15) is 5.26 Å². The van der Waals surface area contributed by atoms with Crippen molar-refractivity contribution in [2.75, 3.05) is 18.5 Å². The molecule has 4 rings (SSSR count). The molecule has 0 radical (unpaired) electrons. The fourth-order valence-electron chi connectivity index (χ4n) is 3.63. The van der Waals surface area contributed by atoms with Crippen LogP contribution in [0.1, 0.15) is 39.4 Å². The van der Waals surface area contributed by atoms with E-state index in [1.165, 1.54) is 11.3 Å². The Bertz CT molecular complexity index is 1100. The van der Waals surface area contributed by atoms with Gasteiger partial charge in [-0.15, -0.1) is 0 Å². The van der Waals surface area contributed by atoms with Crippen LogP contribution in [0.5, 0.6) is 5.75 Å². The Morgan fingerprint density at radius 2 is 2.10 bits per heavy atom. The van der Waals surface area contributed by atoms with Gasteiger partial charge in [-0.3, -0.25) is 4.79 Å². The molecule has 1 amide bonds. The van der Waals surface area contributed by atoms with Crippen LogP contribution in [0.4, 0.5) is 5.69 Å². The number of rotatable bonds is 6. The molecule has 1 aliphatic heterocycles. The number of furan rings is 1. The molecule has 0 bridgehead atoms. The summed E-state index contributed by atoms with van der Waals surface area (Å²) >= 11 is 0. The van der Waals surface area contributed by atoms with Crippen molar-refractivity contribution in [1.82, 2.24) is 5.32 Å². The molecule has 2 aromatic carbocycles. The second kappa shape index (κ2) is 8.75. The number of aryl methyl sites for hydroxylation is 1. The number of carbonyl (C=O) groups is 1. The highest BCUT2D eigenvalue weighted by Crippen LogP contribution is 2.26. The zero-order valence-electron chi connectivity index (χ0n) is 16.9. The lowest BCUT2D eigenvalue weighted by atomic mass is 9.99. The average Bonchev–Trinajstić information content (AvgIpc) is 3.25. The van der Waals surface area contributed by atoms with E-state index in [2.05, 4.69) is 41.5 Å². The molecular weight excluding hydrogens is 378 g/mol. The van der Waals surface area contributed by atoms with Gasteiger partial charge in [0.05, 0.1) is 5.56 Å². The second-order valence-electron chi connectivity index (χ2n) is 7.33. The van der Waals surface area contributed by atoms with Gasteiger partial charge in [0.25, 0.3) is 5.91 Å². The van der Waals surface area contributed by atoms with Crippen LogP contribution in [0.2, 0.25) is 0 Å². The van der Waals surface area contributed by atoms with Crippen molar-refractivity contribution >= 4 is 11.6 Å². The molecule has 1 aromatic heterocycles. The predicted octanol–water partition coefficient (Wildman–Crippen LogP) is 4.04. The Balaban J connectivity index is 1.34. The number of ether oxygens (including phenoxy) is 1. The molecule has 1 aliphatic rings. The van der Waals surface area contributed by atoms with Gasteiger partial charge in [0.1, 0.15) is 24.2 Å².